The summed E-state index contributed by atoms with van der Waals surface area (Å²) in [6.45, 7) is 4.21. The highest BCUT2D eigenvalue weighted by molar-refractivity contribution is 9.10. The lowest BCUT2D eigenvalue weighted by Gasteiger charge is -2.20. The van der Waals surface area contributed by atoms with Gasteiger partial charge in [-0.25, -0.2) is 9.97 Å². The van der Waals surface area contributed by atoms with Gasteiger partial charge in [-0.1, -0.05) is 26.0 Å². The summed E-state index contributed by atoms with van der Waals surface area (Å²) in [6, 6.07) is 2.45. The van der Waals surface area contributed by atoms with Gasteiger partial charge >= 0.3 is 0 Å². The van der Waals surface area contributed by atoms with Crippen LogP contribution in [0.4, 0.5) is 5.82 Å². The zero-order chi connectivity index (χ0) is 12.3. The Morgan fingerprint density at radius 3 is 2.82 bits per heavy atom. The highest BCUT2D eigenvalue weighted by Crippen LogP contribution is 2.20. The summed E-state index contributed by atoms with van der Waals surface area (Å²) in [5.41, 5.74) is 0. The van der Waals surface area contributed by atoms with Crippen molar-refractivity contribution in [3.63, 3.8) is 0 Å². The third-order valence-corrected chi connectivity index (χ3v) is 3.26. The van der Waals surface area contributed by atoms with Gasteiger partial charge in [0, 0.05) is 18.0 Å². The second-order valence-electron chi connectivity index (χ2n) is 4.71. The first-order valence-corrected chi connectivity index (χ1v) is 6.90. The van der Waals surface area contributed by atoms with Crippen LogP contribution in [0, 0.1) is 0 Å². The first-order valence-electron chi connectivity index (χ1n) is 6.11. The lowest BCUT2D eigenvalue weighted by atomic mass is 10.0. The van der Waals surface area contributed by atoms with Crippen LogP contribution >= 0.6 is 15.9 Å². The maximum Gasteiger partial charge on any atom is 0.134 e. The van der Waals surface area contributed by atoms with Crippen molar-refractivity contribution in [2.45, 2.75) is 45.1 Å². The van der Waals surface area contributed by atoms with Crippen molar-refractivity contribution in [2.75, 3.05) is 5.32 Å². The Hall–Kier alpha value is -0.900. The highest BCUT2D eigenvalue weighted by atomic mass is 79.9. The van der Waals surface area contributed by atoms with Crippen molar-refractivity contribution in [2.24, 2.45) is 0 Å². The molecular formula is C13H18BrN3. The minimum absolute atomic E-state index is 0.347. The molecule has 1 atom stereocenters. The van der Waals surface area contributed by atoms with Gasteiger partial charge in [-0.3, -0.25) is 0 Å². The van der Waals surface area contributed by atoms with E-state index < -0.39 is 0 Å². The van der Waals surface area contributed by atoms with E-state index >= 15 is 0 Å². The minimum atomic E-state index is 0.347. The SMILES string of the molecule is CC(C)c1nc(Br)cc(NC2CC=CCC2)n1. The summed E-state index contributed by atoms with van der Waals surface area (Å²) in [6.07, 6.45) is 7.89. The molecule has 0 spiro atoms. The normalized spacial score (nSPS) is 19.6. The van der Waals surface area contributed by atoms with Crippen LogP contribution in [0.25, 0.3) is 0 Å². The number of hydrogen-bond acceptors (Lipinski definition) is 3. The lowest BCUT2D eigenvalue weighted by Crippen LogP contribution is -2.21. The second kappa shape index (κ2) is 5.63. The van der Waals surface area contributed by atoms with Crippen molar-refractivity contribution in [3.8, 4) is 0 Å². The third-order valence-electron chi connectivity index (χ3n) is 2.85. The average Bonchev–Trinajstić information content (AvgIpc) is 2.29. The van der Waals surface area contributed by atoms with Gasteiger partial charge in [0.25, 0.3) is 0 Å². The Balaban J connectivity index is 2.12. The summed E-state index contributed by atoms with van der Waals surface area (Å²) in [7, 11) is 0. The Kier molecular flexibility index (Phi) is 4.15. The molecule has 92 valence electrons. The van der Waals surface area contributed by atoms with Gasteiger partial charge in [-0.05, 0) is 35.2 Å². The number of hydrogen-bond donors (Lipinski definition) is 1. The molecule has 1 aliphatic carbocycles. The van der Waals surface area contributed by atoms with E-state index in [0.29, 0.717) is 12.0 Å². The maximum absolute atomic E-state index is 4.55. The van der Waals surface area contributed by atoms with E-state index in [2.05, 4.69) is 57.2 Å². The molecule has 1 heterocycles. The Bertz CT molecular complexity index is 415. The van der Waals surface area contributed by atoms with Gasteiger partial charge in [0.15, 0.2) is 0 Å². The number of nitrogens with one attached hydrogen (secondary N) is 1. The van der Waals surface area contributed by atoms with Crippen LogP contribution in [0.2, 0.25) is 0 Å². The monoisotopic (exact) mass is 295 g/mol. The second-order valence-corrected chi connectivity index (χ2v) is 5.53. The molecule has 1 aliphatic rings. The molecule has 0 radical (unpaired) electrons. The van der Waals surface area contributed by atoms with E-state index in [1.54, 1.807) is 0 Å². The standard InChI is InChI=1S/C13H18BrN3/c1-9(2)13-16-11(14)8-12(17-13)15-10-6-4-3-5-7-10/h3-4,8-10H,5-7H2,1-2H3,(H,15,16,17). The van der Waals surface area contributed by atoms with Crippen molar-refractivity contribution < 1.29 is 0 Å². The molecule has 1 N–H and O–H groups in total. The lowest BCUT2D eigenvalue weighted by molar-refractivity contribution is 0.639. The van der Waals surface area contributed by atoms with E-state index in [1.807, 2.05) is 6.07 Å². The fourth-order valence-electron chi connectivity index (χ4n) is 1.90. The Labute approximate surface area is 111 Å². The van der Waals surface area contributed by atoms with Gasteiger partial charge in [0.1, 0.15) is 16.2 Å². The molecule has 3 nitrogen and oxygen atoms in total. The molecule has 2 rings (SSSR count). The van der Waals surface area contributed by atoms with Crippen LogP contribution in [0.15, 0.2) is 22.8 Å². The molecule has 0 bridgehead atoms. The number of anilines is 1. The summed E-state index contributed by atoms with van der Waals surface area (Å²) in [5, 5.41) is 3.48. The van der Waals surface area contributed by atoms with Crippen LogP contribution in [-0.2, 0) is 0 Å². The molecule has 0 aromatic carbocycles. The Morgan fingerprint density at radius 1 is 1.35 bits per heavy atom. The predicted octanol–water partition coefficient (Wildman–Crippen LogP) is 3.88. The van der Waals surface area contributed by atoms with E-state index in [4.69, 9.17) is 0 Å². The van der Waals surface area contributed by atoms with Gasteiger partial charge in [0.2, 0.25) is 0 Å². The molecule has 0 saturated carbocycles. The van der Waals surface area contributed by atoms with E-state index in [-0.39, 0.29) is 0 Å². The van der Waals surface area contributed by atoms with Crippen molar-refractivity contribution in [1.82, 2.24) is 9.97 Å². The van der Waals surface area contributed by atoms with Crippen molar-refractivity contribution in [3.05, 3.63) is 28.6 Å². The summed E-state index contributed by atoms with van der Waals surface area (Å²) in [5.74, 6) is 2.16. The van der Waals surface area contributed by atoms with Gasteiger partial charge in [0.05, 0.1) is 0 Å². The number of halogens is 1. The zero-order valence-electron chi connectivity index (χ0n) is 10.3. The number of rotatable bonds is 3. The van der Waals surface area contributed by atoms with Crippen LogP contribution in [0.3, 0.4) is 0 Å². The smallest absolute Gasteiger partial charge is 0.134 e. The first-order chi connectivity index (χ1) is 8.15. The summed E-state index contributed by atoms with van der Waals surface area (Å²) < 4.78 is 0.852. The molecular weight excluding hydrogens is 278 g/mol. The largest absolute Gasteiger partial charge is 0.367 e. The molecule has 17 heavy (non-hydrogen) atoms. The predicted molar refractivity (Wildman–Crippen MR) is 74.2 cm³/mol. The van der Waals surface area contributed by atoms with E-state index in [9.17, 15) is 0 Å². The molecule has 0 amide bonds. The highest BCUT2D eigenvalue weighted by Gasteiger charge is 2.12. The fraction of sp³-hybridized carbons (Fsp3) is 0.538. The molecule has 0 aliphatic heterocycles. The third kappa shape index (κ3) is 3.53. The zero-order valence-corrected chi connectivity index (χ0v) is 11.9. The Morgan fingerprint density at radius 2 is 2.18 bits per heavy atom. The molecule has 4 heteroatoms. The number of allylic oxidation sites excluding steroid dienone is 1. The van der Waals surface area contributed by atoms with Gasteiger partial charge < -0.3 is 5.32 Å². The minimum Gasteiger partial charge on any atom is -0.367 e. The van der Waals surface area contributed by atoms with Gasteiger partial charge in [-0.2, -0.15) is 0 Å². The molecule has 1 unspecified atom stereocenters. The van der Waals surface area contributed by atoms with Crippen molar-refractivity contribution in [1.29, 1.82) is 0 Å². The van der Waals surface area contributed by atoms with E-state index in [1.165, 1.54) is 6.42 Å². The van der Waals surface area contributed by atoms with Crippen LogP contribution < -0.4 is 5.32 Å². The summed E-state index contributed by atoms with van der Waals surface area (Å²) >= 11 is 3.44. The van der Waals surface area contributed by atoms with Crippen LogP contribution in [0.1, 0.15) is 44.9 Å². The molecule has 1 aromatic heterocycles. The number of aromatic nitrogens is 2. The van der Waals surface area contributed by atoms with Crippen molar-refractivity contribution >= 4 is 21.7 Å². The van der Waals surface area contributed by atoms with E-state index in [0.717, 1.165) is 29.1 Å². The van der Waals surface area contributed by atoms with Crippen LogP contribution in [0.5, 0.6) is 0 Å². The first kappa shape index (κ1) is 12.6. The molecule has 0 saturated heterocycles. The van der Waals surface area contributed by atoms with Gasteiger partial charge in [-0.15, -0.1) is 0 Å². The molecule has 0 fully saturated rings. The topological polar surface area (TPSA) is 37.8 Å². The fourth-order valence-corrected chi connectivity index (χ4v) is 2.30. The maximum atomic E-state index is 4.55. The molecule has 1 aromatic rings. The van der Waals surface area contributed by atoms with Crippen LogP contribution in [-0.4, -0.2) is 16.0 Å². The number of nitrogens with zero attached hydrogens (tertiary/aromatic N) is 2. The average molecular weight is 296 g/mol. The quantitative estimate of drug-likeness (QED) is 0.679. The summed E-state index contributed by atoms with van der Waals surface area (Å²) in [4.78, 5) is 8.93.